The SMILES string of the molecule is CC#CCNc1nc(F)c(F)cc1F. The number of halogens is 3. The first-order valence-electron chi connectivity index (χ1n) is 3.80. The Morgan fingerprint density at radius 1 is 1.36 bits per heavy atom. The average molecular weight is 200 g/mol. The molecule has 0 amide bonds. The Morgan fingerprint density at radius 2 is 2.07 bits per heavy atom. The summed E-state index contributed by atoms with van der Waals surface area (Å²) in [6.07, 6.45) is 0. The van der Waals surface area contributed by atoms with Gasteiger partial charge in [0.1, 0.15) is 0 Å². The van der Waals surface area contributed by atoms with Crippen LogP contribution in [0.25, 0.3) is 0 Å². The summed E-state index contributed by atoms with van der Waals surface area (Å²) in [6, 6.07) is 0.435. The Labute approximate surface area is 79.2 Å². The van der Waals surface area contributed by atoms with Crippen molar-refractivity contribution in [2.24, 2.45) is 0 Å². The lowest BCUT2D eigenvalue weighted by Gasteiger charge is -2.02. The molecule has 1 N–H and O–H groups in total. The molecule has 1 rings (SSSR count). The van der Waals surface area contributed by atoms with Crippen molar-refractivity contribution in [1.29, 1.82) is 0 Å². The summed E-state index contributed by atoms with van der Waals surface area (Å²) in [5.41, 5.74) is 0. The number of nitrogens with one attached hydrogen (secondary N) is 1. The van der Waals surface area contributed by atoms with Crippen molar-refractivity contribution in [2.45, 2.75) is 6.92 Å². The smallest absolute Gasteiger partial charge is 0.251 e. The molecule has 0 unspecified atom stereocenters. The highest BCUT2D eigenvalue weighted by Gasteiger charge is 2.10. The lowest BCUT2D eigenvalue weighted by atomic mass is 10.4. The predicted octanol–water partition coefficient (Wildman–Crippen LogP) is 1.93. The molecule has 0 atom stereocenters. The molecule has 14 heavy (non-hydrogen) atoms. The topological polar surface area (TPSA) is 24.9 Å². The summed E-state index contributed by atoms with van der Waals surface area (Å²) < 4.78 is 37.8. The fourth-order valence-electron chi connectivity index (χ4n) is 0.784. The largest absolute Gasteiger partial charge is 0.357 e. The van der Waals surface area contributed by atoms with Crippen molar-refractivity contribution in [1.82, 2.24) is 4.98 Å². The van der Waals surface area contributed by atoms with E-state index in [4.69, 9.17) is 0 Å². The zero-order valence-electron chi connectivity index (χ0n) is 7.37. The number of hydrogen-bond acceptors (Lipinski definition) is 2. The van der Waals surface area contributed by atoms with Gasteiger partial charge in [0.2, 0.25) is 0 Å². The van der Waals surface area contributed by atoms with Crippen LogP contribution in [0.5, 0.6) is 0 Å². The van der Waals surface area contributed by atoms with Crippen LogP contribution in [0.2, 0.25) is 0 Å². The first kappa shape index (κ1) is 10.4. The van der Waals surface area contributed by atoms with Crippen molar-refractivity contribution in [3.63, 3.8) is 0 Å². The standard InChI is InChI=1S/C9H7F3N2/c1-2-3-4-13-9-7(11)5-6(10)8(12)14-9/h5H,4H2,1H3,(H,13,14). The van der Waals surface area contributed by atoms with Crippen LogP contribution < -0.4 is 5.32 Å². The van der Waals surface area contributed by atoms with E-state index in [2.05, 4.69) is 22.1 Å². The number of rotatable bonds is 2. The molecule has 2 nitrogen and oxygen atoms in total. The molecule has 74 valence electrons. The van der Waals surface area contributed by atoms with Gasteiger partial charge in [0.15, 0.2) is 17.5 Å². The first-order valence-corrected chi connectivity index (χ1v) is 3.80. The van der Waals surface area contributed by atoms with Gasteiger partial charge in [0, 0.05) is 6.07 Å². The van der Waals surface area contributed by atoms with Crippen molar-refractivity contribution in [2.75, 3.05) is 11.9 Å². The van der Waals surface area contributed by atoms with Crippen LogP contribution in [-0.4, -0.2) is 11.5 Å². The highest BCUT2D eigenvalue weighted by atomic mass is 19.2. The second-order valence-electron chi connectivity index (χ2n) is 2.37. The van der Waals surface area contributed by atoms with E-state index in [1.807, 2.05) is 0 Å². The number of hydrogen-bond donors (Lipinski definition) is 1. The van der Waals surface area contributed by atoms with Crippen LogP contribution in [-0.2, 0) is 0 Å². The van der Waals surface area contributed by atoms with Crippen LogP contribution in [0.4, 0.5) is 19.0 Å². The van der Waals surface area contributed by atoms with Gasteiger partial charge in [-0.3, -0.25) is 0 Å². The third kappa shape index (κ3) is 2.39. The van der Waals surface area contributed by atoms with Crippen molar-refractivity contribution >= 4 is 5.82 Å². The van der Waals surface area contributed by atoms with Gasteiger partial charge in [-0.1, -0.05) is 5.92 Å². The molecule has 0 aliphatic rings. The summed E-state index contributed by atoms with van der Waals surface area (Å²) in [6.45, 7) is 1.74. The summed E-state index contributed by atoms with van der Waals surface area (Å²) in [4.78, 5) is 3.05. The maximum atomic E-state index is 12.9. The predicted molar refractivity (Wildman–Crippen MR) is 46.1 cm³/mol. The highest BCUT2D eigenvalue weighted by Crippen LogP contribution is 2.13. The van der Waals surface area contributed by atoms with E-state index in [0.29, 0.717) is 6.07 Å². The zero-order chi connectivity index (χ0) is 10.6. The minimum Gasteiger partial charge on any atom is -0.357 e. The molecular formula is C9H7F3N2. The van der Waals surface area contributed by atoms with Crippen molar-refractivity contribution < 1.29 is 13.2 Å². The van der Waals surface area contributed by atoms with Gasteiger partial charge in [-0.05, 0) is 6.92 Å². The van der Waals surface area contributed by atoms with E-state index in [0.717, 1.165) is 0 Å². The van der Waals surface area contributed by atoms with Crippen LogP contribution >= 0.6 is 0 Å². The highest BCUT2D eigenvalue weighted by molar-refractivity contribution is 5.37. The van der Waals surface area contributed by atoms with E-state index in [1.54, 1.807) is 6.92 Å². The Morgan fingerprint density at radius 3 is 2.71 bits per heavy atom. The Hall–Kier alpha value is -1.70. The van der Waals surface area contributed by atoms with Crippen molar-refractivity contribution in [3.8, 4) is 11.8 Å². The van der Waals surface area contributed by atoms with Gasteiger partial charge >= 0.3 is 0 Å². The second-order valence-corrected chi connectivity index (χ2v) is 2.37. The number of pyridine rings is 1. The van der Waals surface area contributed by atoms with Gasteiger partial charge < -0.3 is 5.32 Å². The van der Waals surface area contributed by atoms with Gasteiger partial charge in [-0.25, -0.2) is 8.78 Å². The molecule has 1 aromatic rings. The van der Waals surface area contributed by atoms with Crippen molar-refractivity contribution in [3.05, 3.63) is 23.6 Å². The summed E-state index contributed by atoms with van der Waals surface area (Å²) in [5.74, 6) is 1.20. The third-order valence-electron chi connectivity index (χ3n) is 1.41. The summed E-state index contributed by atoms with van der Waals surface area (Å²) in [5, 5.41) is 2.42. The monoisotopic (exact) mass is 200 g/mol. The molecule has 0 radical (unpaired) electrons. The Balaban J connectivity index is 2.85. The minimum absolute atomic E-state index is 0.130. The fraction of sp³-hybridized carbons (Fsp3) is 0.222. The van der Waals surface area contributed by atoms with E-state index >= 15 is 0 Å². The molecule has 0 aromatic carbocycles. The number of nitrogens with zero attached hydrogens (tertiary/aromatic N) is 1. The van der Waals surface area contributed by atoms with E-state index < -0.39 is 17.6 Å². The van der Waals surface area contributed by atoms with Crippen LogP contribution in [0, 0.1) is 29.4 Å². The van der Waals surface area contributed by atoms with Crippen LogP contribution in [0.3, 0.4) is 0 Å². The third-order valence-corrected chi connectivity index (χ3v) is 1.41. The van der Waals surface area contributed by atoms with E-state index in [9.17, 15) is 13.2 Å². The molecule has 0 saturated carbocycles. The van der Waals surface area contributed by atoms with Crippen LogP contribution in [0.1, 0.15) is 6.92 Å². The molecule has 0 aliphatic heterocycles. The number of aromatic nitrogens is 1. The second kappa shape index (κ2) is 4.51. The molecule has 0 aliphatic carbocycles. The molecule has 0 fully saturated rings. The molecule has 0 saturated heterocycles. The zero-order valence-corrected chi connectivity index (χ0v) is 7.37. The number of anilines is 1. The van der Waals surface area contributed by atoms with Gasteiger partial charge in [-0.2, -0.15) is 9.37 Å². The Bertz CT molecular complexity index is 393. The summed E-state index contributed by atoms with van der Waals surface area (Å²) >= 11 is 0. The van der Waals surface area contributed by atoms with E-state index in [-0.39, 0.29) is 12.4 Å². The first-order chi connectivity index (χ1) is 6.65. The fourth-order valence-corrected chi connectivity index (χ4v) is 0.784. The van der Waals surface area contributed by atoms with Gasteiger partial charge in [0.25, 0.3) is 5.95 Å². The lowest BCUT2D eigenvalue weighted by Crippen LogP contribution is -2.06. The summed E-state index contributed by atoms with van der Waals surface area (Å²) in [7, 11) is 0. The minimum atomic E-state index is -1.33. The molecule has 0 spiro atoms. The van der Waals surface area contributed by atoms with Gasteiger partial charge in [0.05, 0.1) is 6.54 Å². The molecule has 5 heteroatoms. The average Bonchev–Trinajstić information content (AvgIpc) is 2.14. The lowest BCUT2D eigenvalue weighted by molar-refractivity contribution is 0.466. The van der Waals surface area contributed by atoms with Crippen LogP contribution in [0.15, 0.2) is 6.07 Å². The maximum Gasteiger partial charge on any atom is 0.251 e. The van der Waals surface area contributed by atoms with Gasteiger partial charge in [-0.15, -0.1) is 5.92 Å². The van der Waals surface area contributed by atoms with E-state index in [1.165, 1.54) is 0 Å². The quantitative estimate of drug-likeness (QED) is 0.582. The normalized spacial score (nSPS) is 9.14. The Kier molecular flexibility index (Phi) is 3.35. The molecular weight excluding hydrogens is 193 g/mol. The maximum absolute atomic E-state index is 12.9. The molecule has 1 aromatic heterocycles. The molecule has 0 bridgehead atoms. The molecule has 1 heterocycles.